The second kappa shape index (κ2) is 8.84. The van der Waals surface area contributed by atoms with Gasteiger partial charge in [-0.05, 0) is 42.0 Å². The van der Waals surface area contributed by atoms with Gasteiger partial charge in [-0.2, -0.15) is 0 Å². The maximum absolute atomic E-state index is 12.4. The Bertz CT molecular complexity index is 1070. The average Bonchev–Trinajstić information content (AvgIpc) is 2.72. The average molecular weight is 414 g/mol. The fourth-order valence-corrected chi connectivity index (χ4v) is 3.12. The Kier molecular flexibility index (Phi) is 6.24. The second-order valence-electron chi connectivity index (χ2n) is 6.29. The molecule has 3 rings (SSSR count). The summed E-state index contributed by atoms with van der Waals surface area (Å²) in [5.74, 6) is -0.540. The van der Waals surface area contributed by atoms with Crippen LogP contribution in [0.5, 0.6) is 11.5 Å². The fourth-order valence-electron chi connectivity index (χ4n) is 2.83. The van der Waals surface area contributed by atoms with Gasteiger partial charge in [0.25, 0.3) is 5.91 Å². The molecule has 6 nitrogen and oxygen atoms in total. The van der Waals surface area contributed by atoms with Crippen molar-refractivity contribution in [3.63, 3.8) is 0 Å². The predicted molar refractivity (Wildman–Crippen MR) is 112 cm³/mol. The molecule has 0 aliphatic rings. The summed E-state index contributed by atoms with van der Waals surface area (Å²) in [5, 5.41) is 5.02. The molecule has 1 amide bonds. The number of benzene rings is 3. The number of hydrogen-bond donors (Lipinski definition) is 1. The molecule has 0 unspecified atom stereocenters. The van der Waals surface area contributed by atoms with Crippen LogP contribution < -0.4 is 14.8 Å². The Morgan fingerprint density at radius 1 is 0.966 bits per heavy atom. The summed E-state index contributed by atoms with van der Waals surface area (Å²) in [5.41, 5.74) is 0.767. The standard InChI is InChI=1S/C22H20ClNO5/c1-13(21(25)24-17-9-8-14-6-4-5-7-15(14)10-17)29-22(26)16-11-18(23)20(28-3)19(12-16)27-2/h4-13H,1-3H3,(H,24,25)/t13-/m1/s1. The normalized spacial score (nSPS) is 11.6. The quantitative estimate of drug-likeness (QED) is 0.593. The SMILES string of the molecule is COc1cc(C(=O)O[C@H](C)C(=O)Nc2ccc3ccccc3c2)cc(Cl)c1OC. The largest absolute Gasteiger partial charge is 0.493 e. The zero-order valence-electron chi connectivity index (χ0n) is 16.2. The summed E-state index contributed by atoms with van der Waals surface area (Å²) in [6, 6.07) is 16.2. The van der Waals surface area contributed by atoms with Crippen LogP contribution >= 0.6 is 11.6 Å². The monoisotopic (exact) mass is 413 g/mol. The third kappa shape index (κ3) is 4.60. The molecule has 29 heavy (non-hydrogen) atoms. The van der Waals surface area contributed by atoms with Crippen molar-refractivity contribution in [2.45, 2.75) is 13.0 Å². The number of ether oxygens (including phenoxy) is 3. The number of carbonyl (C=O) groups is 2. The van der Waals surface area contributed by atoms with Crippen LogP contribution in [0.2, 0.25) is 5.02 Å². The van der Waals surface area contributed by atoms with Gasteiger partial charge in [0, 0.05) is 5.69 Å². The van der Waals surface area contributed by atoms with E-state index in [4.69, 9.17) is 25.8 Å². The molecule has 150 valence electrons. The van der Waals surface area contributed by atoms with Gasteiger partial charge in [-0.15, -0.1) is 0 Å². The van der Waals surface area contributed by atoms with E-state index in [1.54, 1.807) is 6.07 Å². The van der Waals surface area contributed by atoms with Crippen LogP contribution in [0.4, 0.5) is 5.69 Å². The number of fused-ring (bicyclic) bond motifs is 1. The number of anilines is 1. The van der Waals surface area contributed by atoms with Gasteiger partial charge in [0.2, 0.25) is 0 Å². The van der Waals surface area contributed by atoms with Gasteiger partial charge < -0.3 is 19.5 Å². The summed E-state index contributed by atoms with van der Waals surface area (Å²) >= 11 is 6.12. The lowest BCUT2D eigenvalue weighted by Gasteiger charge is -2.15. The number of methoxy groups -OCH3 is 2. The molecule has 0 saturated carbocycles. The summed E-state index contributed by atoms with van der Waals surface area (Å²) in [6.07, 6.45) is -1.01. The molecule has 1 N–H and O–H groups in total. The summed E-state index contributed by atoms with van der Waals surface area (Å²) in [7, 11) is 2.88. The molecule has 7 heteroatoms. The topological polar surface area (TPSA) is 73.9 Å². The van der Waals surface area contributed by atoms with Crippen molar-refractivity contribution in [1.82, 2.24) is 0 Å². The number of amides is 1. The van der Waals surface area contributed by atoms with E-state index in [1.165, 1.54) is 33.3 Å². The molecule has 0 bridgehead atoms. The highest BCUT2D eigenvalue weighted by Crippen LogP contribution is 2.36. The van der Waals surface area contributed by atoms with E-state index in [2.05, 4.69) is 5.32 Å². The van der Waals surface area contributed by atoms with Crippen molar-refractivity contribution >= 4 is 39.9 Å². The molecule has 0 saturated heterocycles. The van der Waals surface area contributed by atoms with E-state index in [9.17, 15) is 9.59 Å². The molecule has 0 spiro atoms. The van der Waals surface area contributed by atoms with Gasteiger partial charge in [-0.1, -0.05) is 41.9 Å². The first-order valence-corrected chi connectivity index (χ1v) is 9.23. The minimum atomic E-state index is -1.01. The fraction of sp³-hybridized carbons (Fsp3) is 0.182. The number of hydrogen-bond acceptors (Lipinski definition) is 5. The van der Waals surface area contributed by atoms with Crippen molar-refractivity contribution in [3.8, 4) is 11.5 Å². The third-order valence-corrected chi connectivity index (χ3v) is 4.62. The first-order valence-electron chi connectivity index (χ1n) is 8.85. The van der Waals surface area contributed by atoms with Gasteiger partial charge in [-0.25, -0.2) is 4.79 Å². The van der Waals surface area contributed by atoms with Crippen LogP contribution in [0.3, 0.4) is 0 Å². The number of carbonyl (C=O) groups excluding carboxylic acids is 2. The van der Waals surface area contributed by atoms with Crippen LogP contribution in [0.15, 0.2) is 54.6 Å². The van der Waals surface area contributed by atoms with Crippen LogP contribution in [-0.2, 0) is 9.53 Å². The Labute approximate surface area is 173 Å². The highest BCUT2D eigenvalue weighted by atomic mass is 35.5. The number of esters is 1. The van der Waals surface area contributed by atoms with Crippen molar-refractivity contribution in [2.75, 3.05) is 19.5 Å². The molecule has 0 aromatic heterocycles. The zero-order chi connectivity index (χ0) is 21.0. The lowest BCUT2D eigenvalue weighted by molar-refractivity contribution is -0.123. The molecular weight excluding hydrogens is 394 g/mol. The van der Waals surface area contributed by atoms with Crippen molar-refractivity contribution in [1.29, 1.82) is 0 Å². The maximum atomic E-state index is 12.4. The Balaban J connectivity index is 1.70. The van der Waals surface area contributed by atoms with Gasteiger partial charge >= 0.3 is 5.97 Å². The first-order chi connectivity index (χ1) is 13.9. The number of halogens is 1. The van der Waals surface area contributed by atoms with Gasteiger partial charge in [-0.3, -0.25) is 4.79 Å². The van der Waals surface area contributed by atoms with Crippen LogP contribution in [0.25, 0.3) is 10.8 Å². The summed E-state index contributed by atoms with van der Waals surface area (Å²) < 4.78 is 15.6. The Morgan fingerprint density at radius 2 is 1.69 bits per heavy atom. The second-order valence-corrected chi connectivity index (χ2v) is 6.70. The lowest BCUT2D eigenvalue weighted by atomic mass is 10.1. The number of rotatable bonds is 6. The lowest BCUT2D eigenvalue weighted by Crippen LogP contribution is -2.30. The van der Waals surface area contributed by atoms with E-state index in [-0.39, 0.29) is 10.6 Å². The smallest absolute Gasteiger partial charge is 0.339 e. The van der Waals surface area contributed by atoms with Crippen LogP contribution in [-0.4, -0.2) is 32.2 Å². The van der Waals surface area contributed by atoms with E-state index in [0.717, 1.165) is 10.8 Å². The molecule has 0 radical (unpaired) electrons. The van der Waals surface area contributed by atoms with E-state index in [0.29, 0.717) is 17.2 Å². The molecule has 3 aromatic rings. The molecule has 0 aliphatic heterocycles. The van der Waals surface area contributed by atoms with Crippen molar-refractivity contribution < 1.29 is 23.8 Å². The van der Waals surface area contributed by atoms with Gasteiger partial charge in [0.05, 0.1) is 24.8 Å². The molecular formula is C22H20ClNO5. The van der Waals surface area contributed by atoms with E-state index in [1.807, 2.05) is 36.4 Å². The molecule has 3 aromatic carbocycles. The highest BCUT2D eigenvalue weighted by molar-refractivity contribution is 6.32. The Hall–Kier alpha value is -3.25. The van der Waals surface area contributed by atoms with Gasteiger partial charge in [0.1, 0.15) is 0 Å². The highest BCUT2D eigenvalue weighted by Gasteiger charge is 2.21. The maximum Gasteiger partial charge on any atom is 0.339 e. The van der Waals surface area contributed by atoms with Gasteiger partial charge in [0.15, 0.2) is 17.6 Å². The first kappa shape index (κ1) is 20.5. The summed E-state index contributed by atoms with van der Waals surface area (Å²) in [4.78, 5) is 24.9. The Morgan fingerprint density at radius 3 is 2.38 bits per heavy atom. The molecule has 0 heterocycles. The van der Waals surface area contributed by atoms with E-state index >= 15 is 0 Å². The van der Waals surface area contributed by atoms with Crippen molar-refractivity contribution in [2.24, 2.45) is 0 Å². The third-order valence-electron chi connectivity index (χ3n) is 4.34. The minimum absolute atomic E-state index is 0.151. The molecule has 0 aliphatic carbocycles. The number of nitrogens with one attached hydrogen (secondary N) is 1. The summed E-state index contributed by atoms with van der Waals surface area (Å²) in [6.45, 7) is 1.50. The van der Waals surface area contributed by atoms with E-state index < -0.39 is 18.0 Å². The minimum Gasteiger partial charge on any atom is -0.493 e. The van der Waals surface area contributed by atoms with Crippen LogP contribution in [0, 0.1) is 0 Å². The predicted octanol–water partition coefficient (Wildman–Crippen LogP) is 4.69. The van der Waals surface area contributed by atoms with Crippen molar-refractivity contribution in [3.05, 3.63) is 65.2 Å². The zero-order valence-corrected chi connectivity index (χ0v) is 16.9. The van der Waals surface area contributed by atoms with Crippen LogP contribution in [0.1, 0.15) is 17.3 Å². The molecule has 1 atom stereocenters. The molecule has 0 fully saturated rings.